The van der Waals surface area contributed by atoms with E-state index in [4.69, 9.17) is 17.3 Å². The van der Waals surface area contributed by atoms with Gasteiger partial charge in [-0.1, -0.05) is 11.6 Å². The number of amides is 2. The molecule has 1 aromatic carbocycles. The zero-order chi connectivity index (χ0) is 25.1. The number of imidazole rings is 1. The van der Waals surface area contributed by atoms with Crippen molar-refractivity contribution in [1.82, 2.24) is 19.3 Å². The van der Waals surface area contributed by atoms with Gasteiger partial charge in [0.2, 0.25) is 0 Å². The monoisotopic (exact) mass is 500 g/mol. The third-order valence-corrected chi connectivity index (χ3v) is 7.64. The summed E-state index contributed by atoms with van der Waals surface area (Å²) < 4.78 is 16.6. The molecule has 2 amide bonds. The van der Waals surface area contributed by atoms with Crippen molar-refractivity contribution < 1.29 is 19.1 Å². The van der Waals surface area contributed by atoms with Gasteiger partial charge in [0.25, 0.3) is 11.8 Å². The van der Waals surface area contributed by atoms with Gasteiger partial charge in [-0.3, -0.25) is 14.3 Å². The number of halogens is 2. The van der Waals surface area contributed by atoms with Crippen LogP contribution in [0.25, 0.3) is 0 Å². The molecule has 0 bridgehead atoms. The molecule has 2 fully saturated rings. The highest BCUT2D eigenvalue weighted by atomic mass is 35.5. The van der Waals surface area contributed by atoms with Gasteiger partial charge in [-0.05, 0) is 55.7 Å². The molecular weight excluding hydrogens is 475 g/mol. The van der Waals surface area contributed by atoms with Crippen LogP contribution < -0.4 is 11.1 Å². The van der Waals surface area contributed by atoms with Gasteiger partial charge in [0.1, 0.15) is 11.5 Å². The highest BCUT2D eigenvalue weighted by Gasteiger charge is 2.52. The zero-order valence-corrected chi connectivity index (χ0v) is 20.1. The Kier molecular flexibility index (Phi) is 5.68. The predicted molar refractivity (Wildman–Crippen MR) is 126 cm³/mol. The molecule has 2 atom stereocenters. The van der Waals surface area contributed by atoms with E-state index in [0.717, 1.165) is 12.8 Å². The van der Waals surface area contributed by atoms with E-state index in [1.54, 1.807) is 31.2 Å². The molecule has 0 spiro atoms. The Morgan fingerprint density at radius 2 is 1.94 bits per heavy atom. The second kappa shape index (κ2) is 8.46. The van der Waals surface area contributed by atoms with Crippen LogP contribution >= 0.6 is 11.6 Å². The minimum absolute atomic E-state index is 0.0535. The van der Waals surface area contributed by atoms with Crippen LogP contribution in [0.4, 0.5) is 10.1 Å². The molecule has 2 aliphatic rings. The van der Waals surface area contributed by atoms with Gasteiger partial charge < -0.3 is 20.7 Å². The van der Waals surface area contributed by atoms with Crippen molar-refractivity contribution in [1.29, 1.82) is 0 Å². The lowest BCUT2D eigenvalue weighted by atomic mass is 9.87. The largest absolute Gasteiger partial charge is 0.385 e. The number of rotatable bonds is 5. The number of carbonyl (C=O) groups is 2. The Hall–Kier alpha value is -3.24. The lowest BCUT2D eigenvalue weighted by molar-refractivity contribution is 0.0333. The van der Waals surface area contributed by atoms with E-state index in [1.807, 2.05) is 0 Å². The number of hydrogen-bond donors (Lipinski definition) is 3. The van der Waals surface area contributed by atoms with Gasteiger partial charge in [-0.25, -0.2) is 9.37 Å². The third-order valence-electron chi connectivity index (χ3n) is 7.35. The number of aryl methyl sites for hydroxylation is 2. The Balaban J connectivity index is 1.34. The first-order valence-electron chi connectivity index (χ1n) is 11.4. The summed E-state index contributed by atoms with van der Waals surface area (Å²) in [5.41, 5.74) is 6.45. The molecule has 35 heavy (non-hydrogen) atoms. The summed E-state index contributed by atoms with van der Waals surface area (Å²) in [6, 6.07) is 4.02. The highest BCUT2D eigenvalue weighted by molar-refractivity contribution is 6.31. The molecule has 0 saturated heterocycles. The maximum absolute atomic E-state index is 13.5. The van der Waals surface area contributed by atoms with Crippen LogP contribution in [-0.4, -0.2) is 36.3 Å². The Labute approximate surface area is 206 Å². The van der Waals surface area contributed by atoms with Crippen LogP contribution in [-0.2, 0) is 19.7 Å². The number of aliphatic hydroxyl groups is 1. The van der Waals surface area contributed by atoms with Gasteiger partial charge in [-0.2, -0.15) is 5.10 Å². The van der Waals surface area contributed by atoms with Crippen molar-refractivity contribution in [2.45, 2.75) is 37.2 Å². The number of nitrogens with zero attached hydrogens (tertiary/aromatic N) is 4. The van der Waals surface area contributed by atoms with Crippen LogP contribution in [0.3, 0.4) is 0 Å². The minimum Gasteiger partial charge on any atom is -0.385 e. The Morgan fingerprint density at radius 3 is 2.57 bits per heavy atom. The van der Waals surface area contributed by atoms with Gasteiger partial charge in [0, 0.05) is 37.5 Å². The average molecular weight is 501 g/mol. The van der Waals surface area contributed by atoms with Crippen LogP contribution in [0.1, 0.15) is 63.8 Å². The minimum atomic E-state index is -1.16. The van der Waals surface area contributed by atoms with Crippen molar-refractivity contribution in [3.8, 4) is 0 Å². The molecule has 2 heterocycles. The van der Waals surface area contributed by atoms with Crippen LogP contribution in [0, 0.1) is 17.7 Å². The lowest BCUT2D eigenvalue weighted by Gasteiger charge is -2.24. The van der Waals surface area contributed by atoms with Crippen molar-refractivity contribution in [2.24, 2.45) is 31.7 Å². The first kappa shape index (κ1) is 23.5. The summed E-state index contributed by atoms with van der Waals surface area (Å²) in [5, 5.41) is 18.3. The molecule has 0 radical (unpaired) electrons. The average Bonchev–Trinajstić information content (AvgIpc) is 3.52. The fourth-order valence-corrected chi connectivity index (χ4v) is 6.09. The third kappa shape index (κ3) is 4.10. The van der Waals surface area contributed by atoms with E-state index in [-0.39, 0.29) is 34.4 Å². The first-order chi connectivity index (χ1) is 16.6. The number of nitrogens with one attached hydrogen (secondary N) is 1. The second-order valence-electron chi connectivity index (χ2n) is 9.73. The molecule has 2 aromatic heterocycles. The number of anilines is 1. The van der Waals surface area contributed by atoms with Crippen LogP contribution in [0.15, 0.2) is 30.7 Å². The molecule has 2 aliphatic carbocycles. The summed E-state index contributed by atoms with van der Waals surface area (Å²) in [5.74, 6) is -1.09. The molecule has 2 unspecified atom stereocenters. The molecule has 3 aromatic rings. The van der Waals surface area contributed by atoms with Gasteiger partial charge >= 0.3 is 0 Å². The Bertz CT molecular complexity index is 1320. The van der Waals surface area contributed by atoms with Gasteiger partial charge in [0.05, 0.1) is 22.6 Å². The molecular formula is C24H26ClFN6O3. The fraction of sp³-hybridized carbons (Fsp3) is 0.417. The molecule has 5 rings (SSSR count). The number of benzene rings is 1. The van der Waals surface area contributed by atoms with Gasteiger partial charge in [-0.15, -0.1) is 0 Å². The lowest BCUT2D eigenvalue weighted by Crippen LogP contribution is -2.27. The number of fused-ring (bicyclic) bond motifs is 1. The van der Waals surface area contributed by atoms with Crippen molar-refractivity contribution >= 4 is 29.1 Å². The number of carbonyl (C=O) groups excluding carboxylic acids is 2. The molecule has 0 aliphatic heterocycles. The summed E-state index contributed by atoms with van der Waals surface area (Å²) in [4.78, 5) is 29.5. The van der Waals surface area contributed by atoms with Gasteiger partial charge in [0.15, 0.2) is 5.69 Å². The maximum atomic E-state index is 13.5. The highest BCUT2D eigenvalue weighted by Crippen LogP contribution is 2.57. The van der Waals surface area contributed by atoms with Crippen LogP contribution in [0.5, 0.6) is 0 Å². The summed E-state index contributed by atoms with van der Waals surface area (Å²) in [6.45, 7) is 0. The van der Waals surface area contributed by atoms with E-state index in [0.29, 0.717) is 35.5 Å². The van der Waals surface area contributed by atoms with E-state index in [2.05, 4.69) is 15.4 Å². The van der Waals surface area contributed by atoms with E-state index >= 15 is 0 Å². The molecule has 9 nitrogen and oxygen atoms in total. The van der Waals surface area contributed by atoms with E-state index < -0.39 is 17.3 Å². The smallest absolute Gasteiger partial charge is 0.274 e. The normalized spacial score (nSPS) is 25.6. The topological polar surface area (TPSA) is 128 Å². The van der Waals surface area contributed by atoms with Crippen molar-refractivity contribution in [2.75, 3.05) is 5.32 Å². The first-order valence-corrected chi connectivity index (χ1v) is 11.8. The van der Waals surface area contributed by atoms with E-state index in [9.17, 15) is 19.1 Å². The zero-order valence-electron chi connectivity index (χ0n) is 19.3. The quantitative estimate of drug-likeness (QED) is 0.496. The van der Waals surface area contributed by atoms with E-state index in [1.165, 1.54) is 22.9 Å². The molecule has 2 saturated carbocycles. The standard InChI is InChI=1S/C24H26ClFN6O3/c1-31-11-28-19(21(31)23(34)29-15-3-4-18(26)17(25)7-15)12-5-13-8-24(35,9-14(13)6-12)16-10-32(2)30-20(16)22(27)33/h3-4,7,10-14,35H,5-6,8-9H2,1-2H3,(H2,27,33)(H,29,34). The van der Waals surface area contributed by atoms with Crippen molar-refractivity contribution in [3.05, 3.63) is 64.2 Å². The molecule has 184 valence electrons. The summed E-state index contributed by atoms with van der Waals surface area (Å²) >= 11 is 5.84. The predicted octanol–water partition coefficient (Wildman–Crippen LogP) is 3.09. The number of nitrogens with two attached hydrogens (primary N) is 1. The Morgan fingerprint density at radius 1 is 1.26 bits per heavy atom. The SMILES string of the molecule is Cn1cc(C2(O)CC3CC(c4ncn(C)c4C(=O)Nc4ccc(F)c(Cl)c4)CC3C2)c(C(N)=O)n1. The molecule has 11 heteroatoms. The summed E-state index contributed by atoms with van der Waals surface area (Å²) in [7, 11) is 3.45. The number of primary amides is 1. The molecule has 4 N–H and O–H groups in total. The van der Waals surface area contributed by atoms with Crippen LogP contribution in [0.2, 0.25) is 5.02 Å². The summed E-state index contributed by atoms with van der Waals surface area (Å²) in [6.07, 6.45) is 5.78. The second-order valence-corrected chi connectivity index (χ2v) is 10.1. The fourth-order valence-electron chi connectivity index (χ4n) is 5.90. The van der Waals surface area contributed by atoms with Crippen molar-refractivity contribution in [3.63, 3.8) is 0 Å². The number of hydrogen-bond acceptors (Lipinski definition) is 5. The maximum Gasteiger partial charge on any atom is 0.274 e. The number of aromatic nitrogens is 4.